The lowest BCUT2D eigenvalue weighted by atomic mass is 9.96. The molecule has 3 atom stereocenters. The van der Waals surface area contributed by atoms with Crippen LogP contribution in [-0.4, -0.2) is 117 Å². The van der Waals surface area contributed by atoms with E-state index in [2.05, 4.69) is 32.1 Å². The van der Waals surface area contributed by atoms with E-state index in [1.54, 1.807) is 21.7 Å². The number of anilines is 1. The average Bonchev–Trinajstić information content (AvgIpc) is 3.56. The van der Waals surface area contributed by atoms with Crippen molar-refractivity contribution in [3.63, 3.8) is 0 Å². The zero-order valence-corrected chi connectivity index (χ0v) is 30.2. The predicted octanol–water partition coefficient (Wildman–Crippen LogP) is 4.15. The number of nitrogen functional groups attached to an aromatic ring is 1. The number of nitrogens with zero attached hydrogens (tertiary/aromatic N) is 6. The molecule has 0 aliphatic carbocycles. The SMILES string of the molecule is Cc1cc(C[C@@H](NC(=O)N2CCC(n3c(=O)[nH]c4c5ccccc5ncc43)CC2)C(=O)N2CCN(C3CC4CCC(C3)N4C)CC2)cc(Cl)c1N. The van der Waals surface area contributed by atoms with E-state index in [0.29, 0.717) is 74.3 Å². The number of aromatic amines is 1. The van der Waals surface area contributed by atoms with Crippen LogP contribution in [0.1, 0.15) is 55.7 Å². The van der Waals surface area contributed by atoms with Crippen molar-refractivity contribution in [3.05, 3.63) is 69.2 Å². The molecule has 2 unspecified atom stereocenters. The molecule has 2 bridgehead atoms. The topological polar surface area (TPSA) is 136 Å². The zero-order valence-electron chi connectivity index (χ0n) is 29.5. The lowest BCUT2D eigenvalue weighted by Crippen LogP contribution is -2.59. The van der Waals surface area contributed by atoms with Gasteiger partial charge in [0.15, 0.2) is 0 Å². The first-order valence-electron chi connectivity index (χ1n) is 18.5. The van der Waals surface area contributed by atoms with Gasteiger partial charge in [-0.15, -0.1) is 0 Å². The Morgan fingerprint density at radius 1 is 0.961 bits per heavy atom. The summed E-state index contributed by atoms with van der Waals surface area (Å²) in [6.07, 6.45) is 8.28. The Hall–Kier alpha value is -4.13. The lowest BCUT2D eigenvalue weighted by Gasteiger charge is -2.45. The molecule has 4 fully saturated rings. The third kappa shape index (κ3) is 6.46. The van der Waals surface area contributed by atoms with Crippen molar-refractivity contribution in [1.29, 1.82) is 0 Å². The van der Waals surface area contributed by atoms with E-state index in [1.165, 1.54) is 25.7 Å². The molecule has 0 spiro atoms. The van der Waals surface area contributed by atoms with Crippen molar-refractivity contribution in [2.75, 3.05) is 52.0 Å². The second-order valence-corrected chi connectivity index (χ2v) is 15.5. The van der Waals surface area contributed by atoms with Crippen molar-refractivity contribution >= 4 is 51.2 Å². The fourth-order valence-corrected chi connectivity index (χ4v) is 9.53. The van der Waals surface area contributed by atoms with Gasteiger partial charge in [0, 0.05) is 75.2 Å². The number of rotatable bonds is 6. The molecule has 4 N–H and O–H groups in total. The molecule has 4 aliphatic heterocycles. The van der Waals surface area contributed by atoms with Gasteiger partial charge in [0.25, 0.3) is 0 Å². The number of piperazine rings is 1. The number of urea groups is 1. The first-order chi connectivity index (χ1) is 24.6. The van der Waals surface area contributed by atoms with Gasteiger partial charge in [0.1, 0.15) is 6.04 Å². The summed E-state index contributed by atoms with van der Waals surface area (Å²) in [5.41, 5.74) is 10.6. The molecular formula is C38H48ClN9O3. The maximum Gasteiger partial charge on any atom is 0.326 e. The summed E-state index contributed by atoms with van der Waals surface area (Å²) in [5, 5.41) is 4.47. The number of hydrogen-bond donors (Lipinski definition) is 3. The number of hydrogen-bond acceptors (Lipinski definition) is 7. The van der Waals surface area contributed by atoms with Crippen molar-refractivity contribution in [1.82, 2.24) is 39.5 Å². The number of likely N-dealkylation sites (tertiary alicyclic amines) is 1. The van der Waals surface area contributed by atoms with Gasteiger partial charge in [-0.1, -0.05) is 35.9 Å². The van der Waals surface area contributed by atoms with Gasteiger partial charge in [-0.25, -0.2) is 9.59 Å². The standard InChI is InChI=1S/C38H48ClN9O3/c1-23-17-24(18-30(39)34(23)40)19-32(36(49)46-15-13-45(14-16-46)28-20-26-7-8-27(21-28)44(26)2)42-37(50)47-11-9-25(10-12-47)48-33-22-41-31-6-4-3-5-29(31)35(33)43-38(48)51/h3-6,17-18,22,25-28,32H,7-16,19-21,40H2,1-2H3,(H,42,50)(H,43,51)/t26?,27?,28?,32-/m1/s1. The van der Waals surface area contributed by atoms with Gasteiger partial charge < -0.3 is 30.7 Å². The van der Waals surface area contributed by atoms with Gasteiger partial charge >= 0.3 is 11.7 Å². The number of aromatic nitrogens is 3. The summed E-state index contributed by atoms with van der Waals surface area (Å²) >= 11 is 6.46. The summed E-state index contributed by atoms with van der Waals surface area (Å²) in [5.74, 6) is -0.0722. The molecule has 2 aromatic heterocycles. The monoisotopic (exact) mass is 713 g/mol. The molecule has 6 heterocycles. The van der Waals surface area contributed by atoms with Gasteiger partial charge in [-0.3, -0.25) is 19.2 Å². The largest absolute Gasteiger partial charge is 0.397 e. The number of nitrogens with one attached hydrogen (secondary N) is 2. The van der Waals surface area contributed by atoms with Gasteiger partial charge in [-0.05, 0) is 75.8 Å². The summed E-state index contributed by atoms with van der Waals surface area (Å²) < 4.78 is 1.79. The van der Waals surface area contributed by atoms with Crippen LogP contribution in [0.3, 0.4) is 0 Å². The van der Waals surface area contributed by atoms with Gasteiger partial charge in [-0.2, -0.15) is 0 Å². The van der Waals surface area contributed by atoms with Crippen molar-refractivity contribution in [3.8, 4) is 0 Å². The van der Waals surface area contributed by atoms with E-state index in [4.69, 9.17) is 17.3 Å². The fourth-order valence-electron chi connectivity index (χ4n) is 9.24. The molecule has 4 saturated heterocycles. The lowest BCUT2D eigenvalue weighted by molar-refractivity contribution is -0.135. The number of fused-ring (bicyclic) bond motifs is 5. The van der Waals surface area contributed by atoms with Crippen molar-refractivity contribution in [2.45, 2.75) is 82.1 Å². The Bertz CT molecular complexity index is 1980. The Morgan fingerprint density at radius 2 is 1.67 bits per heavy atom. The summed E-state index contributed by atoms with van der Waals surface area (Å²) in [6, 6.07) is 12.3. The van der Waals surface area contributed by atoms with Crippen LogP contribution < -0.4 is 16.7 Å². The van der Waals surface area contributed by atoms with E-state index < -0.39 is 6.04 Å². The predicted molar refractivity (Wildman–Crippen MR) is 200 cm³/mol. The van der Waals surface area contributed by atoms with E-state index in [0.717, 1.165) is 46.2 Å². The zero-order chi connectivity index (χ0) is 35.4. The molecule has 13 heteroatoms. The molecule has 2 aromatic carbocycles. The van der Waals surface area contributed by atoms with Crippen LogP contribution >= 0.6 is 11.6 Å². The Morgan fingerprint density at radius 3 is 2.37 bits per heavy atom. The fraction of sp³-hybridized carbons (Fsp3) is 0.526. The minimum atomic E-state index is -0.754. The smallest absolute Gasteiger partial charge is 0.326 e. The highest BCUT2D eigenvalue weighted by Crippen LogP contribution is 2.36. The van der Waals surface area contributed by atoms with Crippen LogP contribution in [0, 0.1) is 6.92 Å². The number of nitrogens with two attached hydrogens (primary N) is 1. The molecule has 270 valence electrons. The van der Waals surface area contributed by atoms with E-state index in [9.17, 15) is 14.4 Å². The second kappa shape index (κ2) is 13.8. The van der Waals surface area contributed by atoms with Crippen LogP contribution in [0.2, 0.25) is 5.02 Å². The number of benzene rings is 2. The highest BCUT2D eigenvalue weighted by molar-refractivity contribution is 6.33. The van der Waals surface area contributed by atoms with Crippen LogP contribution in [0.4, 0.5) is 10.5 Å². The average molecular weight is 714 g/mol. The minimum absolute atomic E-state index is 0.0722. The number of amides is 3. The number of H-pyrrole nitrogens is 1. The maximum atomic E-state index is 14.2. The first kappa shape index (κ1) is 34.0. The van der Waals surface area contributed by atoms with Crippen LogP contribution in [0.5, 0.6) is 0 Å². The molecule has 4 aliphatic rings. The summed E-state index contributed by atoms with van der Waals surface area (Å²) in [4.78, 5) is 57.7. The molecule has 0 saturated carbocycles. The van der Waals surface area contributed by atoms with E-state index in [1.807, 2.05) is 42.2 Å². The first-order valence-corrected chi connectivity index (χ1v) is 18.8. The number of pyridine rings is 1. The Kier molecular flexibility index (Phi) is 9.18. The number of aryl methyl sites for hydroxylation is 1. The number of para-hydroxylation sites is 1. The van der Waals surface area contributed by atoms with Crippen LogP contribution in [0.25, 0.3) is 21.9 Å². The number of piperidine rings is 2. The molecular weight excluding hydrogens is 666 g/mol. The van der Waals surface area contributed by atoms with E-state index >= 15 is 0 Å². The molecule has 51 heavy (non-hydrogen) atoms. The normalized spacial score (nSPS) is 24.0. The highest BCUT2D eigenvalue weighted by atomic mass is 35.5. The minimum Gasteiger partial charge on any atom is -0.397 e. The molecule has 4 aromatic rings. The van der Waals surface area contributed by atoms with Gasteiger partial charge in [0.05, 0.1) is 33.5 Å². The number of imidazole rings is 1. The third-order valence-electron chi connectivity index (χ3n) is 12.2. The molecule has 12 nitrogen and oxygen atoms in total. The van der Waals surface area contributed by atoms with E-state index in [-0.39, 0.29) is 23.7 Å². The second-order valence-electron chi connectivity index (χ2n) is 15.1. The van der Waals surface area contributed by atoms with Crippen molar-refractivity contribution in [2.24, 2.45) is 0 Å². The summed E-state index contributed by atoms with van der Waals surface area (Å²) in [6.45, 7) is 5.80. The Balaban J connectivity index is 0.944. The summed E-state index contributed by atoms with van der Waals surface area (Å²) in [7, 11) is 2.27. The Labute approximate surface area is 302 Å². The maximum absolute atomic E-state index is 14.2. The quantitative estimate of drug-likeness (QED) is 0.256. The molecule has 0 radical (unpaired) electrons. The molecule has 3 amide bonds. The highest BCUT2D eigenvalue weighted by Gasteiger charge is 2.41. The van der Waals surface area contributed by atoms with Crippen LogP contribution in [-0.2, 0) is 11.2 Å². The van der Waals surface area contributed by atoms with Crippen LogP contribution in [0.15, 0.2) is 47.4 Å². The van der Waals surface area contributed by atoms with Crippen molar-refractivity contribution < 1.29 is 9.59 Å². The van der Waals surface area contributed by atoms with Gasteiger partial charge in [0.2, 0.25) is 5.91 Å². The third-order valence-corrected chi connectivity index (χ3v) is 12.5. The number of halogens is 1. The number of carbonyl (C=O) groups is 2. The molecule has 8 rings (SSSR count). The number of carbonyl (C=O) groups excluding carboxylic acids is 2.